The fourth-order valence-electron chi connectivity index (χ4n) is 0.531. The van der Waals surface area contributed by atoms with Gasteiger partial charge in [0.2, 0.25) is 0 Å². The molecule has 2 nitrogen and oxygen atoms in total. The Kier molecular flexibility index (Phi) is 0.889. The minimum absolute atomic E-state index is 0.00868. The second kappa shape index (κ2) is 1.30. The maximum Gasteiger partial charge on any atom is 0.0510 e. The smallest absolute Gasteiger partial charge is 0.0510 e. The molecule has 0 amide bonds. The molecule has 1 saturated carbocycles. The van der Waals surface area contributed by atoms with Crippen molar-refractivity contribution in [2.24, 2.45) is 10.7 Å². The molecule has 2 N–H and O–H groups in total. The van der Waals surface area contributed by atoms with Crippen LogP contribution in [0.25, 0.3) is 0 Å². The van der Waals surface area contributed by atoms with Crippen molar-refractivity contribution in [3.05, 3.63) is 0 Å². The van der Waals surface area contributed by atoms with Crippen LogP contribution < -0.4 is 5.73 Å². The highest BCUT2D eigenvalue weighted by atomic mass is 14.8. The van der Waals surface area contributed by atoms with E-state index in [-0.39, 0.29) is 5.54 Å². The third-order valence-electron chi connectivity index (χ3n) is 1.21. The number of hydrogen-bond donors (Lipinski definition) is 1. The number of hydrogen-bond acceptors (Lipinski definition) is 2. The Morgan fingerprint density at radius 1 is 1.71 bits per heavy atom. The maximum absolute atomic E-state index is 5.61. The molecule has 1 rings (SSSR count). The van der Waals surface area contributed by atoms with Crippen LogP contribution in [0, 0.1) is 0 Å². The van der Waals surface area contributed by atoms with E-state index >= 15 is 0 Å². The lowest BCUT2D eigenvalue weighted by molar-refractivity contribution is 0.927. The highest BCUT2D eigenvalue weighted by molar-refractivity contribution is 5.73. The largest absolute Gasteiger partial charge is 0.321 e. The summed E-state index contributed by atoms with van der Waals surface area (Å²) in [6.07, 6.45) is 4.06. The van der Waals surface area contributed by atoms with E-state index in [0.717, 1.165) is 12.8 Å². The molecule has 0 saturated heterocycles. The minimum Gasteiger partial charge on any atom is -0.321 e. The number of nitrogens with zero attached hydrogens (tertiary/aromatic N) is 1. The molecule has 7 heavy (non-hydrogen) atoms. The summed E-state index contributed by atoms with van der Waals surface area (Å²) in [7, 11) is 1.76. The molecule has 0 bridgehead atoms. The van der Waals surface area contributed by atoms with Crippen LogP contribution in [-0.4, -0.2) is 18.8 Å². The highest BCUT2D eigenvalue weighted by Gasteiger charge is 2.35. The van der Waals surface area contributed by atoms with Crippen molar-refractivity contribution in [3.8, 4) is 0 Å². The fourth-order valence-corrected chi connectivity index (χ4v) is 0.531. The van der Waals surface area contributed by atoms with Gasteiger partial charge in [-0.1, -0.05) is 0 Å². The van der Waals surface area contributed by atoms with E-state index < -0.39 is 0 Å². The molecule has 1 aliphatic rings. The van der Waals surface area contributed by atoms with Gasteiger partial charge in [-0.15, -0.1) is 0 Å². The van der Waals surface area contributed by atoms with Gasteiger partial charge < -0.3 is 5.73 Å². The van der Waals surface area contributed by atoms with Gasteiger partial charge in [0, 0.05) is 13.3 Å². The zero-order chi connectivity index (χ0) is 5.33. The summed E-state index contributed by atoms with van der Waals surface area (Å²) in [6.45, 7) is 0. The van der Waals surface area contributed by atoms with Gasteiger partial charge in [-0.05, 0) is 12.8 Å². The van der Waals surface area contributed by atoms with Gasteiger partial charge in [0.1, 0.15) is 0 Å². The first-order valence-electron chi connectivity index (χ1n) is 2.49. The second-order valence-electron chi connectivity index (χ2n) is 2.12. The average molecular weight is 98.1 g/mol. The standard InChI is InChI=1S/C5H10N2/c1-7-4-5(6)2-3-5/h4H,2-3,6H2,1H3. The summed E-state index contributed by atoms with van der Waals surface area (Å²) in [5.41, 5.74) is 5.62. The SMILES string of the molecule is CN=CC1(N)CC1. The second-order valence-corrected chi connectivity index (χ2v) is 2.12. The molecular weight excluding hydrogens is 88.1 g/mol. The van der Waals surface area contributed by atoms with Gasteiger partial charge in [0.25, 0.3) is 0 Å². The summed E-state index contributed by atoms with van der Waals surface area (Å²) < 4.78 is 0. The van der Waals surface area contributed by atoms with Crippen molar-refractivity contribution in [3.63, 3.8) is 0 Å². The van der Waals surface area contributed by atoms with Gasteiger partial charge in [-0.2, -0.15) is 0 Å². The van der Waals surface area contributed by atoms with E-state index in [0.29, 0.717) is 0 Å². The molecular formula is C5H10N2. The predicted octanol–water partition coefficient (Wildman–Crippen LogP) is 0.178. The molecule has 0 aromatic heterocycles. The lowest BCUT2D eigenvalue weighted by atomic mass is 10.3. The average Bonchev–Trinajstić information content (AvgIpc) is 2.22. The van der Waals surface area contributed by atoms with Crippen LogP contribution in [0.1, 0.15) is 12.8 Å². The molecule has 0 aliphatic heterocycles. The summed E-state index contributed by atoms with van der Waals surface area (Å²) in [5.74, 6) is 0. The Balaban J connectivity index is 2.40. The molecule has 0 spiro atoms. The Labute approximate surface area is 43.4 Å². The van der Waals surface area contributed by atoms with Crippen molar-refractivity contribution < 1.29 is 0 Å². The number of nitrogens with two attached hydrogens (primary N) is 1. The Hall–Kier alpha value is -0.370. The maximum atomic E-state index is 5.61. The minimum atomic E-state index is 0.00868. The molecule has 0 atom stereocenters. The normalized spacial score (nSPS) is 26.0. The zero-order valence-corrected chi connectivity index (χ0v) is 4.52. The Bertz CT molecular complexity index is 92.3. The van der Waals surface area contributed by atoms with Gasteiger partial charge in [-0.3, -0.25) is 4.99 Å². The Morgan fingerprint density at radius 2 is 2.29 bits per heavy atom. The fraction of sp³-hybridized carbons (Fsp3) is 0.800. The molecule has 2 heteroatoms. The first kappa shape index (κ1) is 4.78. The molecule has 0 aromatic rings. The van der Waals surface area contributed by atoms with Crippen LogP contribution in [-0.2, 0) is 0 Å². The van der Waals surface area contributed by atoms with Crippen molar-refractivity contribution in [2.75, 3.05) is 7.05 Å². The lowest BCUT2D eigenvalue weighted by Gasteiger charge is -1.93. The molecule has 0 aromatic carbocycles. The summed E-state index contributed by atoms with van der Waals surface area (Å²) in [5, 5.41) is 0. The van der Waals surface area contributed by atoms with Crippen LogP contribution in [0.5, 0.6) is 0 Å². The van der Waals surface area contributed by atoms with E-state index in [1.807, 2.05) is 6.21 Å². The van der Waals surface area contributed by atoms with Crippen LogP contribution >= 0.6 is 0 Å². The van der Waals surface area contributed by atoms with Crippen LogP contribution in [0.3, 0.4) is 0 Å². The van der Waals surface area contributed by atoms with Gasteiger partial charge in [0.05, 0.1) is 5.54 Å². The van der Waals surface area contributed by atoms with Crippen molar-refractivity contribution in [1.29, 1.82) is 0 Å². The van der Waals surface area contributed by atoms with Crippen molar-refractivity contribution in [2.45, 2.75) is 18.4 Å². The highest BCUT2D eigenvalue weighted by Crippen LogP contribution is 2.29. The third-order valence-corrected chi connectivity index (χ3v) is 1.21. The molecule has 1 aliphatic carbocycles. The van der Waals surface area contributed by atoms with Crippen molar-refractivity contribution in [1.82, 2.24) is 0 Å². The topological polar surface area (TPSA) is 38.4 Å². The molecule has 40 valence electrons. The van der Waals surface area contributed by atoms with E-state index in [1.165, 1.54) is 0 Å². The van der Waals surface area contributed by atoms with Crippen LogP contribution in [0.4, 0.5) is 0 Å². The number of rotatable bonds is 1. The van der Waals surface area contributed by atoms with E-state index in [2.05, 4.69) is 4.99 Å². The first-order chi connectivity index (χ1) is 3.27. The van der Waals surface area contributed by atoms with E-state index in [1.54, 1.807) is 7.05 Å². The lowest BCUT2D eigenvalue weighted by Crippen LogP contribution is -2.22. The van der Waals surface area contributed by atoms with E-state index in [9.17, 15) is 0 Å². The zero-order valence-electron chi connectivity index (χ0n) is 4.52. The van der Waals surface area contributed by atoms with E-state index in [4.69, 9.17) is 5.73 Å². The quantitative estimate of drug-likeness (QED) is 0.467. The van der Waals surface area contributed by atoms with Gasteiger partial charge in [-0.25, -0.2) is 0 Å². The predicted molar refractivity (Wildman–Crippen MR) is 30.6 cm³/mol. The summed E-state index contributed by atoms with van der Waals surface area (Å²) in [6, 6.07) is 0. The molecule has 0 unspecified atom stereocenters. The summed E-state index contributed by atoms with van der Waals surface area (Å²) in [4.78, 5) is 3.82. The Morgan fingerprint density at radius 3 is 2.43 bits per heavy atom. The molecule has 1 fully saturated rings. The van der Waals surface area contributed by atoms with Gasteiger partial charge >= 0.3 is 0 Å². The monoisotopic (exact) mass is 98.1 g/mol. The first-order valence-corrected chi connectivity index (χ1v) is 2.49. The van der Waals surface area contributed by atoms with Gasteiger partial charge in [0.15, 0.2) is 0 Å². The van der Waals surface area contributed by atoms with Crippen molar-refractivity contribution >= 4 is 6.21 Å². The third kappa shape index (κ3) is 0.996. The van der Waals surface area contributed by atoms with Crippen LogP contribution in [0.15, 0.2) is 4.99 Å². The molecule has 0 radical (unpaired) electrons. The number of aliphatic imine (C=N–C) groups is 1. The molecule has 0 heterocycles. The summed E-state index contributed by atoms with van der Waals surface area (Å²) >= 11 is 0. The van der Waals surface area contributed by atoms with Crippen LogP contribution in [0.2, 0.25) is 0 Å².